The van der Waals surface area contributed by atoms with Crippen molar-refractivity contribution in [1.29, 1.82) is 0 Å². The molecule has 1 N–H and O–H groups in total. The van der Waals surface area contributed by atoms with Crippen LogP contribution in [-0.4, -0.2) is 18.6 Å². The topological polar surface area (TPSA) is 38.1 Å². The van der Waals surface area contributed by atoms with Gasteiger partial charge in [0, 0.05) is 18.9 Å². The molecule has 2 aromatic heterocycles. The number of nitrogens with one attached hydrogen (secondary N) is 1. The normalized spacial score (nSPS) is 12.6. The smallest absolute Gasteiger partial charge is 0.112 e. The Hall–Kier alpha value is -1.61. The zero-order valence-corrected chi connectivity index (χ0v) is 9.60. The first-order chi connectivity index (χ1) is 7.81. The van der Waals surface area contributed by atoms with Crippen LogP contribution in [0.3, 0.4) is 0 Å². The molecule has 0 aromatic carbocycles. The summed E-state index contributed by atoms with van der Waals surface area (Å²) in [7, 11) is 1.94. The van der Waals surface area contributed by atoms with Gasteiger partial charge in [-0.1, -0.05) is 6.07 Å². The van der Waals surface area contributed by atoms with Crippen molar-refractivity contribution in [3.63, 3.8) is 0 Å². The van der Waals surface area contributed by atoms with Crippen molar-refractivity contribution < 1.29 is 4.42 Å². The lowest BCUT2D eigenvalue weighted by Crippen LogP contribution is -2.17. The molecule has 1 unspecified atom stereocenters. The second kappa shape index (κ2) is 4.94. The number of aryl methyl sites for hydroxylation is 1. The minimum Gasteiger partial charge on any atom is -0.466 e. The summed E-state index contributed by atoms with van der Waals surface area (Å²) in [6.45, 7) is 2.81. The zero-order valence-electron chi connectivity index (χ0n) is 9.60. The third-order valence-electron chi connectivity index (χ3n) is 2.60. The Morgan fingerprint density at radius 1 is 1.38 bits per heavy atom. The molecule has 2 heterocycles. The Morgan fingerprint density at radius 3 is 2.81 bits per heavy atom. The Kier molecular flexibility index (Phi) is 3.37. The first kappa shape index (κ1) is 10.9. The van der Waals surface area contributed by atoms with Gasteiger partial charge in [0.25, 0.3) is 0 Å². The standard InChI is InChI=1S/C13H16N2O/c1-10-5-6-13(16-10)12(9-14-2)11-4-3-7-15-8-11/h3-8,12,14H,9H2,1-2H3. The summed E-state index contributed by atoms with van der Waals surface area (Å²) >= 11 is 0. The summed E-state index contributed by atoms with van der Waals surface area (Å²) in [4.78, 5) is 4.15. The van der Waals surface area contributed by atoms with Crippen LogP contribution in [0.25, 0.3) is 0 Å². The third kappa shape index (κ3) is 2.31. The molecular weight excluding hydrogens is 200 g/mol. The Bertz CT molecular complexity index is 436. The average molecular weight is 216 g/mol. The van der Waals surface area contributed by atoms with Crippen molar-refractivity contribution in [3.8, 4) is 0 Å². The van der Waals surface area contributed by atoms with Crippen LogP contribution in [0.15, 0.2) is 41.1 Å². The number of hydrogen-bond acceptors (Lipinski definition) is 3. The van der Waals surface area contributed by atoms with Gasteiger partial charge in [0.2, 0.25) is 0 Å². The highest BCUT2D eigenvalue weighted by Gasteiger charge is 2.16. The molecule has 0 aliphatic rings. The van der Waals surface area contributed by atoms with E-state index in [0.29, 0.717) is 0 Å². The summed E-state index contributed by atoms with van der Waals surface area (Å²) in [5.41, 5.74) is 1.17. The fourth-order valence-electron chi connectivity index (χ4n) is 1.81. The number of rotatable bonds is 4. The summed E-state index contributed by atoms with van der Waals surface area (Å²) < 4.78 is 5.68. The number of hydrogen-bond donors (Lipinski definition) is 1. The Balaban J connectivity index is 2.31. The minimum atomic E-state index is 0.229. The number of nitrogens with zero attached hydrogens (tertiary/aromatic N) is 1. The highest BCUT2D eigenvalue weighted by molar-refractivity contribution is 5.26. The lowest BCUT2D eigenvalue weighted by molar-refractivity contribution is 0.456. The van der Waals surface area contributed by atoms with Crippen molar-refractivity contribution in [2.24, 2.45) is 0 Å². The molecule has 3 nitrogen and oxygen atoms in total. The molecule has 0 aliphatic heterocycles. The maximum Gasteiger partial charge on any atom is 0.112 e. The van der Waals surface area contributed by atoms with Gasteiger partial charge in [-0.3, -0.25) is 4.98 Å². The predicted molar refractivity (Wildman–Crippen MR) is 63.5 cm³/mol. The SMILES string of the molecule is CNCC(c1cccnc1)c1ccc(C)o1. The highest BCUT2D eigenvalue weighted by Crippen LogP contribution is 2.24. The van der Waals surface area contributed by atoms with Crippen molar-refractivity contribution in [2.75, 3.05) is 13.6 Å². The lowest BCUT2D eigenvalue weighted by atomic mass is 9.98. The molecule has 3 heteroatoms. The second-order valence-electron chi connectivity index (χ2n) is 3.85. The van der Waals surface area contributed by atoms with Crippen LogP contribution in [0.5, 0.6) is 0 Å². The van der Waals surface area contributed by atoms with Crippen LogP contribution < -0.4 is 5.32 Å². The van der Waals surface area contributed by atoms with E-state index in [2.05, 4.69) is 16.4 Å². The zero-order chi connectivity index (χ0) is 11.4. The van der Waals surface area contributed by atoms with Gasteiger partial charge in [-0.25, -0.2) is 0 Å². The van der Waals surface area contributed by atoms with Crippen LogP contribution in [0.1, 0.15) is 23.0 Å². The van der Waals surface area contributed by atoms with E-state index in [-0.39, 0.29) is 5.92 Å². The number of pyridine rings is 1. The molecule has 0 spiro atoms. The van der Waals surface area contributed by atoms with Gasteiger partial charge in [0.05, 0.1) is 5.92 Å². The van der Waals surface area contributed by atoms with Gasteiger partial charge < -0.3 is 9.73 Å². The molecule has 0 radical (unpaired) electrons. The molecular formula is C13H16N2O. The van der Waals surface area contributed by atoms with E-state index in [1.807, 2.05) is 38.4 Å². The van der Waals surface area contributed by atoms with Crippen molar-refractivity contribution in [3.05, 3.63) is 53.7 Å². The lowest BCUT2D eigenvalue weighted by Gasteiger charge is -2.13. The molecule has 0 saturated carbocycles. The van der Waals surface area contributed by atoms with Gasteiger partial charge in [-0.05, 0) is 37.7 Å². The number of aromatic nitrogens is 1. The number of furan rings is 1. The van der Waals surface area contributed by atoms with Gasteiger partial charge in [-0.2, -0.15) is 0 Å². The fourth-order valence-corrected chi connectivity index (χ4v) is 1.81. The quantitative estimate of drug-likeness (QED) is 0.852. The molecule has 0 bridgehead atoms. The van der Waals surface area contributed by atoms with E-state index in [4.69, 9.17) is 4.42 Å². The first-order valence-electron chi connectivity index (χ1n) is 5.42. The van der Waals surface area contributed by atoms with Gasteiger partial charge in [0.15, 0.2) is 0 Å². The van der Waals surface area contributed by atoms with E-state index >= 15 is 0 Å². The molecule has 0 saturated heterocycles. The van der Waals surface area contributed by atoms with Gasteiger partial charge in [0.1, 0.15) is 11.5 Å². The Morgan fingerprint density at radius 2 is 2.25 bits per heavy atom. The van der Waals surface area contributed by atoms with Crippen LogP contribution in [-0.2, 0) is 0 Å². The molecule has 1 atom stereocenters. The van der Waals surface area contributed by atoms with Gasteiger partial charge in [-0.15, -0.1) is 0 Å². The largest absolute Gasteiger partial charge is 0.466 e. The molecule has 0 fully saturated rings. The summed E-state index contributed by atoms with van der Waals surface area (Å²) in [5, 5.41) is 3.19. The van der Waals surface area contributed by atoms with Crippen molar-refractivity contribution in [1.82, 2.24) is 10.3 Å². The van der Waals surface area contributed by atoms with E-state index in [1.54, 1.807) is 6.20 Å². The molecule has 2 aromatic rings. The maximum atomic E-state index is 5.68. The van der Waals surface area contributed by atoms with Crippen LogP contribution >= 0.6 is 0 Å². The van der Waals surface area contributed by atoms with E-state index in [9.17, 15) is 0 Å². The molecule has 16 heavy (non-hydrogen) atoms. The summed E-state index contributed by atoms with van der Waals surface area (Å²) in [6.07, 6.45) is 3.67. The van der Waals surface area contributed by atoms with E-state index < -0.39 is 0 Å². The van der Waals surface area contributed by atoms with E-state index in [1.165, 1.54) is 5.56 Å². The summed E-state index contributed by atoms with van der Waals surface area (Å²) in [5.74, 6) is 2.16. The number of likely N-dealkylation sites (N-methyl/N-ethyl adjacent to an activating group) is 1. The fraction of sp³-hybridized carbons (Fsp3) is 0.308. The molecule has 84 valence electrons. The third-order valence-corrected chi connectivity index (χ3v) is 2.60. The highest BCUT2D eigenvalue weighted by atomic mass is 16.3. The summed E-state index contributed by atoms with van der Waals surface area (Å²) in [6, 6.07) is 8.05. The van der Waals surface area contributed by atoms with Crippen LogP contribution in [0, 0.1) is 6.92 Å². The minimum absolute atomic E-state index is 0.229. The maximum absolute atomic E-state index is 5.68. The van der Waals surface area contributed by atoms with Crippen molar-refractivity contribution >= 4 is 0 Å². The van der Waals surface area contributed by atoms with Crippen LogP contribution in [0.2, 0.25) is 0 Å². The van der Waals surface area contributed by atoms with Crippen LogP contribution in [0.4, 0.5) is 0 Å². The van der Waals surface area contributed by atoms with E-state index in [0.717, 1.165) is 18.1 Å². The van der Waals surface area contributed by atoms with Crippen molar-refractivity contribution in [2.45, 2.75) is 12.8 Å². The monoisotopic (exact) mass is 216 g/mol. The Labute approximate surface area is 95.5 Å². The van der Waals surface area contributed by atoms with Gasteiger partial charge >= 0.3 is 0 Å². The average Bonchev–Trinajstić information content (AvgIpc) is 2.74. The molecule has 2 rings (SSSR count). The second-order valence-corrected chi connectivity index (χ2v) is 3.85. The molecule has 0 amide bonds. The molecule has 0 aliphatic carbocycles. The predicted octanol–water partition coefficient (Wildman–Crippen LogP) is 2.33. The first-order valence-corrected chi connectivity index (χ1v) is 5.42.